The molecule has 1 atom stereocenters. The van der Waals surface area contributed by atoms with Gasteiger partial charge in [0.1, 0.15) is 0 Å². The topological polar surface area (TPSA) is 18.5 Å². The minimum Gasteiger partial charge on any atom is -0.316 e. The minimum absolute atomic E-state index is 0.399. The third kappa shape index (κ3) is 3.94. The van der Waals surface area contributed by atoms with Gasteiger partial charge in [-0.3, -0.25) is 4.90 Å². The van der Waals surface area contributed by atoms with Gasteiger partial charge in [0.15, 0.2) is 0 Å². The summed E-state index contributed by atoms with van der Waals surface area (Å²) < 4.78 is 0. The Morgan fingerprint density at radius 2 is 1.89 bits per heavy atom. The second kappa shape index (κ2) is 6.36. The van der Waals surface area contributed by atoms with Crippen molar-refractivity contribution in [2.75, 3.05) is 45.8 Å². The Morgan fingerprint density at radius 3 is 2.56 bits per heavy atom. The van der Waals surface area contributed by atoms with Gasteiger partial charge in [-0.1, -0.05) is 20.8 Å². The average Bonchev–Trinajstić information content (AvgIpc) is 2.95. The number of hydrogen-bond acceptors (Lipinski definition) is 3. The van der Waals surface area contributed by atoms with Crippen LogP contribution >= 0.6 is 0 Å². The van der Waals surface area contributed by atoms with Gasteiger partial charge in [0.2, 0.25) is 0 Å². The summed E-state index contributed by atoms with van der Waals surface area (Å²) in [6.45, 7) is 15.7. The van der Waals surface area contributed by atoms with E-state index in [9.17, 15) is 0 Å². The van der Waals surface area contributed by atoms with Crippen molar-refractivity contribution in [1.82, 2.24) is 15.1 Å². The molecule has 0 aromatic heterocycles. The van der Waals surface area contributed by atoms with Gasteiger partial charge in [-0.25, -0.2) is 0 Å². The molecule has 0 bridgehead atoms. The molecule has 0 aromatic carbocycles. The fraction of sp³-hybridized carbons (Fsp3) is 1.00. The summed E-state index contributed by atoms with van der Waals surface area (Å²) in [5.74, 6) is 0. The Labute approximate surface area is 113 Å². The lowest BCUT2D eigenvalue weighted by atomic mass is 9.93. The van der Waals surface area contributed by atoms with Crippen LogP contribution in [0.4, 0.5) is 0 Å². The summed E-state index contributed by atoms with van der Waals surface area (Å²) >= 11 is 0. The van der Waals surface area contributed by atoms with E-state index in [0.717, 1.165) is 19.1 Å². The molecule has 18 heavy (non-hydrogen) atoms. The van der Waals surface area contributed by atoms with E-state index in [-0.39, 0.29) is 0 Å². The van der Waals surface area contributed by atoms with Crippen LogP contribution in [0.3, 0.4) is 0 Å². The lowest BCUT2D eigenvalue weighted by Crippen LogP contribution is -2.41. The third-order valence-electron chi connectivity index (χ3n) is 4.41. The molecule has 0 amide bonds. The molecule has 0 aromatic rings. The fourth-order valence-electron chi connectivity index (χ4n) is 3.49. The molecule has 0 radical (unpaired) electrons. The number of nitrogens with zero attached hydrogens (tertiary/aromatic N) is 2. The van der Waals surface area contributed by atoms with Crippen LogP contribution in [-0.2, 0) is 0 Å². The van der Waals surface area contributed by atoms with E-state index in [1.54, 1.807) is 0 Å². The molecule has 2 fully saturated rings. The molecule has 2 aliphatic heterocycles. The van der Waals surface area contributed by atoms with Crippen molar-refractivity contribution in [1.29, 1.82) is 0 Å². The maximum absolute atomic E-state index is 3.49. The number of likely N-dealkylation sites (tertiary alicyclic amines) is 2. The van der Waals surface area contributed by atoms with Gasteiger partial charge in [0.25, 0.3) is 0 Å². The smallest absolute Gasteiger partial charge is 0.0235 e. The zero-order valence-corrected chi connectivity index (χ0v) is 12.5. The van der Waals surface area contributed by atoms with Gasteiger partial charge >= 0.3 is 0 Å². The van der Waals surface area contributed by atoms with Crippen molar-refractivity contribution in [3.8, 4) is 0 Å². The maximum Gasteiger partial charge on any atom is 0.0235 e. The van der Waals surface area contributed by atoms with Gasteiger partial charge in [0.05, 0.1) is 0 Å². The van der Waals surface area contributed by atoms with E-state index < -0.39 is 0 Å². The molecule has 3 heteroatoms. The third-order valence-corrected chi connectivity index (χ3v) is 4.41. The Kier molecular flexibility index (Phi) is 5.05. The first-order valence-corrected chi connectivity index (χ1v) is 7.78. The van der Waals surface area contributed by atoms with Crippen LogP contribution in [0.5, 0.6) is 0 Å². The highest BCUT2D eigenvalue weighted by atomic mass is 15.3. The van der Waals surface area contributed by atoms with Gasteiger partial charge in [-0.15, -0.1) is 0 Å². The summed E-state index contributed by atoms with van der Waals surface area (Å²) in [6.07, 6.45) is 4.22. The first-order chi connectivity index (χ1) is 8.61. The molecule has 2 saturated heterocycles. The van der Waals surface area contributed by atoms with Crippen molar-refractivity contribution >= 4 is 0 Å². The Morgan fingerprint density at radius 1 is 1.17 bits per heavy atom. The number of nitrogens with one attached hydrogen (secondary N) is 1. The lowest BCUT2D eigenvalue weighted by molar-refractivity contribution is 0.182. The van der Waals surface area contributed by atoms with Crippen LogP contribution in [0.2, 0.25) is 0 Å². The van der Waals surface area contributed by atoms with E-state index in [2.05, 4.69) is 35.9 Å². The molecule has 0 saturated carbocycles. The molecule has 3 nitrogen and oxygen atoms in total. The van der Waals surface area contributed by atoms with Crippen LogP contribution in [0, 0.1) is 5.41 Å². The van der Waals surface area contributed by atoms with E-state index >= 15 is 0 Å². The highest BCUT2D eigenvalue weighted by Crippen LogP contribution is 2.24. The first kappa shape index (κ1) is 14.3. The van der Waals surface area contributed by atoms with E-state index in [0.29, 0.717) is 5.41 Å². The summed E-state index contributed by atoms with van der Waals surface area (Å²) in [5, 5.41) is 3.49. The molecule has 1 unspecified atom stereocenters. The Balaban J connectivity index is 1.74. The average molecular weight is 253 g/mol. The Bertz CT molecular complexity index is 246. The monoisotopic (exact) mass is 253 g/mol. The number of hydrogen-bond donors (Lipinski definition) is 1. The van der Waals surface area contributed by atoms with Crippen molar-refractivity contribution in [3.05, 3.63) is 0 Å². The van der Waals surface area contributed by atoms with Crippen LogP contribution in [0.25, 0.3) is 0 Å². The molecule has 2 aliphatic rings. The highest BCUT2D eigenvalue weighted by Gasteiger charge is 2.31. The molecule has 106 valence electrons. The first-order valence-electron chi connectivity index (χ1n) is 7.78. The predicted octanol–water partition coefficient (Wildman–Crippen LogP) is 1.79. The number of rotatable bonds is 6. The molecule has 0 spiro atoms. The lowest BCUT2D eigenvalue weighted by Gasteiger charge is -2.31. The summed E-state index contributed by atoms with van der Waals surface area (Å²) in [6, 6.07) is 0.849. The van der Waals surface area contributed by atoms with Crippen LogP contribution in [0.1, 0.15) is 40.0 Å². The largest absolute Gasteiger partial charge is 0.316 e. The van der Waals surface area contributed by atoms with Gasteiger partial charge in [0, 0.05) is 25.7 Å². The zero-order chi connectivity index (χ0) is 13.0. The van der Waals surface area contributed by atoms with Crippen LogP contribution in [-0.4, -0.2) is 61.7 Å². The predicted molar refractivity (Wildman–Crippen MR) is 78.0 cm³/mol. The normalized spacial score (nSPS) is 27.2. The summed E-state index contributed by atoms with van der Waals surface area (Å²) in [4.78, 5) is 5.40. The standard InChI is InChI=1S/C15H31N3/c1-4-16-12-15(2,3)13-17-10-7-14(11-17)18-8-5-6-9-18/h14,16H,4-13H2,1-3H3. The maximum atomic E-state index is 3.49. The van der Waals surface area contributed by atoms with Crippen molar-refractivity contribution in [2.45, 2.75) is 46.1 Å². The zero-order valence-electron chi connectivity index (χ0n) is 12.5. The van der Waals surface area contributed by atoms with Crippen LogP contribution < -0.4 is 5.32 Å². The summed E-state index contributed by atoms with van der Waals surface area (Å²) in [7, 11) is 0. The highest BCUT2D eigenvalue weighted by molar-refractivity contribution is 4.88. The van der Waals surface area contributed by atoms with Crippen molar-refractivity contribution in [3.63, 3.8) is 0 Å². The quantitative estimate of drug-likeness (QED) is 0.778. The van der Waals surface area contributed by atoms with Crippen molar-refractivity contribution < 1.29 is 0 Å². The van der Waals surface area contributed by atoms with Crippen LogP contribution in [0.15, 0.2) is 0 Å². The van der Waals surface area contributed by atoms with E-state index in [1.807, 2.05) is 0 Å². The summed E-state index contributed by atoms with van der Waals surface area (Å²) in [5.41, 5.74) is 0.399. The van der Waals surface area contributed by atoms with Gasteiger partial charge in [-0.2, -0.15) is 0 Å². The van der Waals surface area contributed by atoms with E-state index in [4.69, 9.17) is 0 Å². The second-order valence-corrected chi connectivity index (χ2v) is 6.87. The molecule has 2 heterocycles. The van der Waals surface area contributed by atoms with Gasteiger partial charge in [-0.05, 0) is 50.9 Å². The SMILES string of the molecule is CCNCC(C)(C)CN1CCC(N2CCCC2)C1. The molecule has 0 aliphatic carbocycles. The fourth-order valence-corrected chi connectivity index (χ4v) is 3.49. The molecular formula is C15H31N3. The minimum atomic E-state index is 0.399. The van der Waals surface area contributed by atoms with Gasteiger partial charge < -0.3 is 10.2 Å². The second-order valence-electron chi connectivity index (χ2n) is 6.87. The molecular weight excluding hydrogens is 222 g/mol. The van der Waals surface area contributed by atoms with Crippen molar-refractivity contribution in [2.24, 2.45) is 5.41 Å². The molecule has 2 rings (SSSR count). The molecule has 1 N–H and O–H groups in total. The Hall–Kier alpha value is -0.120. The van der Waals surface area contributed by atoms with E-state index in [1.165, 1.54) is 52.0 Å².